The van der Waals surface area contributed by atoms with E-state index in [2.05, 4.69) is 12.1 Å². The Balaban J connectivity index is 2.22. The lowest BCUT2D eigenvalue weighted by molar-refractivity contribution is 0.599. The molecule has 0 radical (unpaired) electrons. The van der Waals surface area contributed by atoms with Crippen molar-refractivity contribution in [3.05, 3.63) is 35.6 Å². The number of furan rings is 1. The Labute approximate surface area is 76.3 Å². The Morgan fingerprint density at radius 1 is 1.46 bits per heavy atom. The van der Waals surface area contributed by atoms with E-state index >= 15 is 0 Å². The predicted molar refractivity (Wildman–Crippen MR) is 51.7 cm³/mol. The third-order valence-electron chi connectivity index (χ3n) is 2.90. The van der Waals surface area contributed by atoms with Gasteiger partial charge >= 0.3 is 0 Å². The first-order valence-electron chi connectivity index (χ1n) is 4.58. The van der Waals surface area contributed by atoms with Gasteiger partial charge in [0.25, 0.3) is 0 Å². The average Bonchev–Trinajstić information content (AvgIpc) is 2.55. The van der Waals surface area contributed by atoms with Gasteiger partial charge in [-0.1, -0.05) is 0 Å². The van der Waals surface area contributed by atoms with E-state index in [0.29, 0.717) is 5.92 Å². The van der Waals surface area contributed by atoms with Gasteiger partial charge in [-0.05, 0) is 42.3 Å². The van der Waals surface area contributed by atoms with Gasteiger partial charge in [-0.3, -0.25) is 0 Å². The van der Waals surface area contributed by atoms with Gasteiger partial charge in [-0.15, -0.1) is 0 Å². The molecule has 0 spiro atoms. The molecule has 0 amide bonds. The predicted octanol–water partition coefficient (Wildman–Crippen LogP) is 2.03. The lowest BCUT2D eigenvalue weighted by atomic mass is 9.77. The number of rotatable bonds is 1. The van der Waals surface area contributed by atoms with Crippen LogP contribution in [-0.4, -0.2) is 6.54 Å². The van der Waals surface area contributed by atoms with E-state index in [-0.39, 0.29) is 0 Å². The molecule has 1 aliphatic carbocycles. The molecule has 2 N–H and O–H groups in total. The summed E-state index contributed by atoms with van der Waals surface area (Å²) in [5.41, 5.74) is 9.43. The van der Waals surface area contributed by atoms with Gasteiger partial charge < -0.3 is 10.2 Å². The van der Waals surface area contributed by atoms with Crippen LogP contribution >= 0.6 is 0 Å². The molecule has 1 aromatic carbocycles. The Morgan fingerprint density at radius 2 is 2.38 bits per heavy atom. The van der Waals surface area contributed by atoms with Crippen molar-refractivity contribution in [1.29, 1.82) is 0 Å². The van der Waals surface area contributed by atoms with Crippen molar-refractivity contribution in [2.75, 3.05) is 6.54 Å². The second-order valence-corrected chi connectivity index (χ2v) is 3.65. The maximum absolute atomic E-state index is 5.64. The van der Waals surface area contributed by atoms with Gasteiger partial charge in [0.15, 0.2) is 0 Å². The monoisotopic (exact) mass is 173 g/mol. The molecule has 1 aromatic heterocycles. The first-order valence-corrected chi connectivity index (χ1v) is 4.58. The topological polar surface area (TPSA) is 39.2 Å². The van der Waals surface area contributed by atoms with E-state index in [9.17, 15) is 0 Å². The van der Waals surface area contributed by atoms with Gasteiger partial charge in [0.1, 0.15) is 5.58 Å². The van der Waals surface area contributed by atoms with Crippen molar-refractivity contribution < 1.29 is 4.42 Å². The Hall–Kier alpha value is -1.28. The molecule has 0 saturated heterocycles. The zero-order chi connectivity index (χ0) is 8.84. The van der Waals surface area contributed by atoms with E-state index in [4.69, 9.17) is 10.2 Å². The molecule has 13 heavy (non-hydrogen) atoms. The number of hydrogen-bond acceptors (Lipinski definition) is 2. The highest BCUT2D eigenvalue weighted by molar-refractivity contribution is 5.80. The zero-order valence-corrected chi connectivity index (χ0v) is 7.29. The lowest BCUT2D eigenvalue weighted by Gasteiger charge is -2.28. The average molecular weight is 173 g/mol. The summed E-state index contributed by atoms with van der Waals surface area (Å²) in [6.45, 7) is 0.749. The van der Waals surface area contributed by atoms with Crippen LogP contribution in [0.2, 0.25) is 0 Å². The molecule has 3 rings (SSSR count). The van der Waals surface area contributed by atoms with Gasteiger partial charge in [0, 0.05) is 11.3 Å². The quantitative estimate of drug-likeness (QED) is 0.716. The number of benzene rings is 1. The van der Waals surface area contributed by atoms with E-state index in [1.165, 1.54) is 16.5 Å². The molecule has 2 nitrogen and oxygen atoms in total. The fourth-order valence-corrected chi connectivity index (χ4v) is 2.08. The largest absolute Gasteiger partial charge is 0.464 e. The summed E-state index contributed by atoms with van der Waals surface area (Å²) in [6.07, 6.45) is 2.87. The summed E-state index contributed by atoms with van der Waals surface area (Å²) >= 11 is 0. The summed E-state index contributed by atoms with van der Waals surface area (Å²) in [4.78, 5) is 0. The van der Waals surface area contributed by atoms with Crippen molar-refractivity contribution in [2.45, 2.75) is 12.3 Å². The second-order valence-electron chi connectivity index (χ2n) is 3.65. The minimum absolute atomic E-state index is 0.560. The van der Waals surface area contributed by atoms with Crippen LogP contribution in [0.1, 0.15) is 17.0 Å². The minimum atomic E-state index is 0.560. The molecule has 0 aliphatic heterocycles. The molecular formula is C11H11NO. The van der Waals surface area contributed by atoms with Crippen LogP contribution in [0.15, 0.2) is 28.9 Å². The first-order chi connectivity index (χ1) is 6.38. The van der Waals surface area contributed by atoms with Crippen molar-refractivity contribution in [3.63, 3.8) is 0 Å². The molecule has 66 valence electrons. The lowest BCUT2D eigenvalue weighted by Crippen LogP contribution is -2.24. The fourth-order valence-electron chi connectivity index (χ4n) is 2.08. The minimum Gasteiger partial charge on any atom is -0.464 e. The number of nitrogens with two attached hydrogens (primary N) is 1. The van der Waals surface area contributed by atoms with Gasteiger partial charge in [-0.25, -0.2) is 0 Å². The third kappa shape index (κ3) is 0.864. The highest BCUT2D eigenvalue weighted by Crippen LogP contribution is 2.37. The van der Waals surface area contributed by atoms with Crippen LogP contribution < -0.4 is 5.73 Å². The zero-order valence-electron chi connectivity index (χ0n) is 7.29. The third-order valence-corrected chi connectivity index (χ3v) is 2.90. The smallest absolute Gasteiger partial charge is 0.134 e. The van der Waals surface area contributed by atoms with Crippen LogP contribution in [0.3, 0.4) is 0 Å². The standard InChI is InChI=1S/C11H11NO/c12-6-9-4-8-3-7-1-2-13-11(7)5-10(8)9/h1-3,5,9H,4,6,12H2. The first kappa shape index (κ1) is 7.15. The summed E-state index contributed by atoms with van der Waals surface area (Å²) in [5.74, 6) is 0.560. The van der Waals surface area contributed by atoms with Gasteiger partial charge in [-0.2, -0.15) is 0 Å². The summed E-state index contributed by atoms with van der Waals surface area (Å²) in [6, 6.07) is 6.34. The van der Waals surface area contributed by atoms with Crippen molar-refractivity contribution >= 4 is 11.0 Å². The molecule has 2 heteroatoms. The highest BCUT2D eigenvalue weighted by Gasteiger charge is 2.25. The van der Waals surface area contributed by atoms with Gasteiger partial charge in [0.2, 0.25) is 0 Å². The molecule has 1 aliphatic rings. The van der Waals surface area contributed by atoms with Crippen LogP contribution in [0.25, 0.3) is 11.0 Å². The Kier molecular flexibility index (Phi) is 1.30. The molecule has 0 fully saturated rings. The van der Waals surface area contributed by atoms with Crippen LogP contribution in [-0.2, 0) is 6.42 Å². The normalized spacial score (nSPS) is 19.9. The van der Waals surface area contributed by atoms with Crippen LogP contribution in [0.4, 0.5) is 0 Å². The van der Waals surface area contributed by atoms with Crippen molar-refractivity contribution in [2.24, 2.45) is 5.73 Å². The van der Waals surface area contributed by atoms with Crippen molar-refractivity contribution in [3.8, 4) is 0 Å². The molecule has 0 bridgehead atoms. The Bertz CT molecular complexity index is 458. The second kappa shape index (κ2) is 2.36. The molecule has 0 saturated carbocycles. The molecule has 1 atom stereocenters. The highest BCUT2D eigenvalue weighted by atomic mass is 16.3. The molecule has 1 heterocycles. The van der Waals surface area contributed by atoms with Crippen molar-refractivity contribution in [1.82, 2.24) is 0 Å². The van der Waals surface area contributed by atoms with E-state index < -0.39 is 0 Å². The Morgan fingerprint density at radius 3 is 3.23 bits per heavy atom. The maximum atomic E-state index is 5.64. The molecular weight excluding hydrogens is 162 g/mol. The summed E-state index contributed by atoms with van der Waals surface area (Å²) in [7, 11) is 0. The van der Waals surface area contributed by atoms with E-state index in [1.807, 2.05) is 6.07 Å². The summed E-state index contributed by atoms with van der Waals surface area (Å²) < 4.78 is 5.34. The SMILES string of the molecule is NCC1Cc2cc3ccoc3cc21. The fraction of sp³-hybridized carbons (Fsp3) is 0.273. The van der Waals surface area contributed by atoms with Crippen LogP contribution in [0.5, 0.6) is 0 Å². The molecule has 1 unspecified atom stereocenters. The van der Waals surface area contributed by atoms with E-state index in [0.717, 1.165) is 18.5 Å². The van der Waals surface area contributed by atoms with Gasteiger partial charge in [0.05, 0.1) is 6.26 Å². The van der Waals surface area contributed by atoms with E-state index in [1.54, 1.807) is 6.26 Å². The molecule has 2 aromatic rings. The number of fused-ring (bicyclic) bond motifs is 2. The summed E-state index contributed by atoms with van der Waals surface area (Å²) in [5, 5.41) is 1.20. The maximum Gasteiger partial charge on any atom is 0.134 e. The number of hydrogen-bond donors (Lipinski definition) is 1. The van der Waals surface area contributed by atoms with Crippen LogP contribution in [0, 0.1) is 0 Å².